The van der Waals surface area contributed by atoms with Gasteiger partial charge in [-0.1, -0.05) is 15.9 Å². The van der Waals surface area contributed by atoms with E-state index >= 15 is 0 Å². The summed E-state index contributed by atoms with van der Waals surface area (Å²) in [5, 5.41) is 11.4. The van der Waals surface area contributed by atoms with Gasteiger partial charge in [0.05, 0.1) is 11.0 Å². The Kier molecular flexibility index (Phi) is 2.67. The minimum absolute atomic E-state index is 0.232. The Balaban J connectivity index is 2.42. The lowest BCUT2D eigenvalue weighted by atomic mass is 10.2. The highest BCUT2D eigenvalue weighted by Gasteiger charge is 2.19. The fourth-order valence-electron chi connectivity index (χ4n) is 1.78. The van der Waals surface area contributed by atoms with Crippen molar-refractivity contribution in [3.05, 3.63) is 28.4 Å². The quantitative estimate of drug-likeness (QED) is 0.672. The first kappa shape index (κ1) is 12.0. The van der Waals surface area contributed by atoms with Crippen molar-refractivity contribution in [3.8, 4) is 0 Å². The van der Waals surface area contributed by atoms with E-state index in [1.54, 1.807) is 14.1 Å². The van der Waals surface area contributed by atoms with Gasteiger partial charge in [-0.3, -0.25) is 4.79 Å². The van der Waals surface area contributed by atoms with E-state index in [0.29, 0.717) is 11.2 Å². The summed E-state index contributed by atoms with van der Waals surface area (Å²) in [5.41, 5.74) is 1.99. The molecule has 1 amide bonds. The van der Waals surface area contributed by atoms with Crippen molar-refractivity contribution in [2.45, 2.75) is 0 Å². The number of tetrazole rings is 1. The molecule has 19 heavy (non-hydrogen) atoms. The lowest BCUT2D eigenvalue weighted by Gasteiger charge is -2.10. The molecule has 0 aliphatic heterocycles. The van der Waals surface area contributed by atoms with E-state index in [4.69, 9.17) is 0 Å². The number of aromatic nitrogens is 5. The molecule has 0 spiro atoms. The van der Waals surface area contributed by atoms with Gasteiger partial charge in [-0.25, -0.2) is 4.98 Å². The molecule has 0 aliphatic rings. The summed E-state index contributed by atoms with van der Waals surface area (Å²) in [7, 11) is 3.33. The van der Waals surface area contributed by atoms with Crippen molar-refractivity contribution in [1.82, 2.24) is 29.9 Å². The number of fused-ring (bicyclic) bond motifs is 3. The number of carbonyl (C=O) groups excluding carboxylic acids is 1. The number of rotatable bonds is 1. The molecule has 0 saturated carbocycles. The van der Waals surface area contributed by atoms with Gasteiger partial charge in [-0.2, -0.15) is 4.52 Å². The largest absolute Gasteiger partial charge is 0.343 e. The summed E-state index contributed by atoms with van der Waals surface area (Å²) < 4.78 is 2.41. The molecule has 3 rings (SSSR count). The second-order valence-corrected chi connectivity index (χ2v) is 5.12. The van der Waals surface area contributed by atoms with Crippen LogP contribution < -0.4 is 0 Å². The molecule has 7 nitrogen and oxygen atoms in total. The van der Waals surface area contributed by atoms with Crippen molar-refractivity contribution in [1.29, 1.82) is 0 Å². The first-order valence-corrected chi connectivity index (χ1v) is 6.26. The van der Waals surface area contributed by atoms with E-state index in [2.05, 4.69) is 36.4 Å². The SMILES string of the molecule is CN(C)C(=O)c1nc2ccc(Br)cc2n2nnnc12. The molecule has 96 valence electrons. The maximum Gasteiger partial charge on any atom is 0.275 e. The third-order valence-electron chi connectivity index (χ3n) is 2.69. The Bertz CT molecular complexity index is 796. The molecule has 0 fully saturated rings. The minimum Gasteiger partial charge on any atom is -0.343 e. The number of hydrogen-bond donors (Lipinski definition) is 0. The number of nitrogens with zero attached hydrogens (tertiary/aromatic N) is 6. The summed E-state index contributed by atoms with van der Waals surface area (Å²) in [5.74, 6) is -0.232. The van der Waals surface area contributed by atoms with Crippen molar-refractivity contribution in [2.75, 3.05) is 14.1 Å². The second-order valence-electron chi connectivity index (χ2n) is 4.21. The van der Waals surface area contributed by atoms with Gasteiger partial charge in [-0.15, -0.1) is 5.10 Å². The molecule has 2 aromatic heterocycles. The summed E-state index contributed by atoms with van der Waals surface area (Å²) in [6.07, 6.45) is 0. The monoisotopic (exact) mass is 320 g/mol. The predicted octanol–water partition coefficient (Wildman–Crippen LogP) is 1.14. The molecule has 2 heterocycles. The molecule has 1 aromatic carbocycles. The highest BCUT2D eigenvalue weighted by Crippen LogP contribution is 2.20. The zero-order valence-electron chi connectivity index (χ0n) is 10.2. The average molecular weight is 321 g/mol. The topological polar surface area (TPSA) is 76.3 Å². The zero-order chi connectivity index (χ0) is 13.6. The van der Waals surface area contributed by atoms with Crippen molar-refractivity contribution >= 4 is 38.5 Å². The maximum absolute atomic E-state index is 12.1. The molecular formula is C11H9BrN6O. The molecule has 0 bridgehead atoms. The molecule has 8 heteroatoms. The first-order valence-electron chi connectivity index (χ1n) is 5.47. The summed E-state index contributed by atoms with van der Waals surface area (Å²) >= 11 is 3.39. The number of benzene rings is 1. The number of hydrogen-bond acceptors (Lipinski definition) is 5. The van der Waals surface area contributed by atoms with Gasteiger partial charge in [0.1, 0.15) is 0 Å². The van der Waals surface area contributed by atoms with E-state index < -0.39 is 0 Å². The molecule has 3 aromatic rings. The van der Waals surface area contributed by atoms with E-state index in [1.807, 2.05) is 18.2 Å². The minimum atomic E-state index is -0.232. The molecule has 0 saturated heterocycles. The van der Waals surface area contributed by atoms with Crippen LogP contribution >= 0.6 is 15.9 Å². The van der Waals surface area contributed by atoms with Gasteiger partial charge in [0, 0.05) is 18.6 Å². The van der Waals surface area contributed by atoms with E-state index in [1.165, 1.54) is 9.42 Å². The number of carbonyl (C=O) groups is 1. The standard InChI is InChI=1S/C11H9BrN6O/c1-17(2)11(19)9-10-14-15-16-18(10)8-5-6(12)3-4-7(8)13-9/h3-5H,1-2H3. The predicted molar refractivity (Wildman–Crippen MR) is 71.8 cm³/mol. The zero-order valence-corrected chi connectivity index (χ0v) is 11.8. The highest BCUT2D eigenvalue weighted by atomic mass is 79.9. The number of amides is 1. The van der Waals surface area contributed by atoms with Crippen LogP contribution in [0.3, 0.4) is 0 Å². The Hall–Kier alpha value is -2.09. The van der Waals surface area contributed by atoms with Gasteiger partial charge in [-0.05, 0) is 28.6 Å². The van der Waals surface area contributed by atoms with Gasteiger partial charge in [0.2, 0.25) is 5.65 Å². The molecular weight excluding hydrogens is 312 g/mol. The summed E-state index contributed by atoms with van der Waals surface area (Å²) in [6.45, 7) is 0. The van der Waals surface area contributed by atoms with Crippen LogP contribution in [0.25, 0.3) is 16.7 Å². The van der Waals surface area contributed by atoms with Gasteiger partial charge in [0.15, 0.2) is 5.69 Å². The van der Waals surface area contributed by atoms with Crippen molar-refractivity contribution in [2.24, 2.45) is 0 Å². The lowest BCUT2D eigenvalue weighted by molar-refractivity contribution is 0.0823. The second kappa shape index (κ2) is 4.23. The van der Waals surface area contributed by atoms with Crippen LogP contribution in [0.1, 0.15) is 10.5 Å². The normalized spacial score (nSPS) is 11.1. The van der Waals surface area contributed by atoms with Crippen LogP contribution in [0, 0.1) is 0 Å². The van der Waals surface area contributed by atoms with Crippen LogP contribution in [0.15, 0.2) is 22.7 Å². The summed E-state index contributed by atoms with van der Waals surface area (Å²) in [6, 6.07) is 5.53. The van der Waals surface area contributed by atoms with Gasteiger partial charge >= 0.3 is 0 Å². The Labute approximate surface area is 116 Å². The number of halogens is 1. The van der Waals surface area contributed by atoms with E-state index in [0.717, 1.165) is 9.99 Å². The highest BCUT2D eigenvalue weighted by molar-refractivity contribution is 9.10. The van der Waals surface area contributed by atoms with E-state index in [-0.39, 0.29) is 11.6 Å². The lowest BCUT2D eigenvalue weighted by Crippen LogP contribution is -2.24. The average Bonchev–Trinajstić information content (AvgIpc) is 2.86. The van der Waals surface area contributed by atoms with Crippen LogP contribution in [-0.4, -0.2) is 49.9 Å². The van der Waals surface area contributed by atoms with Crippen LogP contribution in [-0.2, 0) is 0 Å². The van der Waals surface area contributed by atoms with Crippen molar-refractivity contribution < 1.29 is 4.79 Å². The van der Waals surface area contributed by atoms with Gasteiger partial charge in [0.25, 0.3) is 5.91 Å². The molecule has 0 radical (unpaired) electrons. The molecule has 0 atom stereocenters. The Morgan fingerprint density at radius 2 is 2.16 bits per heavy atom. The third kappa shape index (κ3) is 1.84. The smallest absolute Gasteiger partial charge is 0.275 e. The van der Waals surface area contributed by atoms with Crippen LogP contribution in [0.2, 0.25) is 0 Å². The molecule has 0 unspecified atom stereocenters. The Morgan fingerprint density at radius 3 is 2.89 bits per heavy atom. The summed E-state index contributed by atoms with van der Waals surface area (Å²) in [4.78, 5) is 17.9. The van der Waals surface area contributed by atoms with E-state index in [9.17, 15) is 4.79 Å². The fraction of sp³-hybridized carbons (Fsp3) is 0.182. The van der Waals surface area contributed by atoms with Crippen molar-refractivity contribution in [3.63, 3.8) is 0 Å². The Morgan fingerprint density at radius 1 is 1.37 bits per heavy atom. The molecule has 0 N–H and O–H groups in total. The first-order chi connectivity index (χ1) is 9.08. The van der Waals surface area contributed by atoms with Gasteiger partial charge < -0.3 is 4.90 Å². The van der Waals surface area contributed by atoms with Crippen LogP contribution in [0.5, 0.6) is 0 Å². The molecule has 0 aliphatic carbocycles. The third-order valence-corrected chi connectivity index (χ3v) is 3.18. The van der Waals surface area contributed by atoms with Crippen LogP contribution in [0.4, 0.5) is 0 Å². The fourth-order valence-corrected chi connectivity index (χ4v) is 2.13. The maximum atomic E-state index is 12.1.